The maximum atomic E-state index is 13.1. The van der Waals surface area contributed by atoms with Gasteiger partial charge in [0.05, 0.1) is 0 Å². The van der Waals surface area contributed by atoms with E-state index in [0.717, 1.165) is 7.11 Å². The fourth-order valence-corrected chi connectivity index (χ4v) is 1.98. The lowest BCUT2D eigenvalue weighted by Crippen LogP contribution is -2.37. The van der Waals surface area contributed by atoms with E-state index in [0.29, 0.717) is 12.1 Å². The van der Waals surface area contributed by atoms with Crippen LogP contribution in [0.2, 0.25) is 6.04 Å². The minimum absolute atomic E-state index is 0.259. The largest absolute Gasteiger partial charge is 0.495 e. The van der Waals surface area contributed by atoms with Crippen LogP contribution in [0.25, 0.3) is 0 Å². The molecule has 0 aliphatic rings. The van der Waals surface area contributed by atoms with E-state index in [4.69, 9.17) is 0 Å². The molecule has 1 rings (SSSR count). The summed E-state index contributed by atoms with van der Waals surface area (Å²) in [6, 6.07) is 0.801. The Bertz CT molecular complexity index is 361. The fourth-order valence-electron chi connectivity index (χ4n) is 1.20. The van der Waals surface area contributed by atoms with Crippen molar-refractivity contribution < 1.29 is 27.2 Å². The first-order valence-corrected chi connectivity index (χ1v) is 6.50. The van der Waals surface area contributed by atoms with Crippen LogP contribution >= 0.6 is 0 Å². The molecule has 0 unspecified atom stereocenters. The third-order valence-electron chi connectivity index (χ3n) is 2.13. The SMILES string of the molecule is CO[Si](O)(O)CCc1c(F)cc(F)cc1F. The van der Waals surface area contributed by atoms with Gasteiger partial charge in [-0.1, -0.05) is 0 Å². The first-order chi connectivity index (χ1) is 7.35. The van der Waals surface area contributed by atoms with Crippen LogP contribution in [0.4, 0.5) is 13.2 Å². The monoisotopic (exact) mass is 252 g/mol. The van der Waals surface area contributed by atoms with Gasteiger partial charge in [-0.2, -0.15) is 0 Å². The maximum Gasteiger partial charge on any atom is 0.495 e. The van der Waals surface area contributed by atoms with Crippen molar-refractivity contribution in [3.05, 3.63) is 35.1 Å². The Hall–Kier alpha value is -0.893. The minimum Gasteiger partial charge on any atom is -0.390 e. The zero-order valence-electron chi connectivity index (χ0n) is 8.51. The van der Waals surface area contributed by atoms with Crippen LogP contribution in [-0.4, -0.2) is 25.5 Å². The van der Waals surface area contributed by atoms with Crippen LogP contribution in [-0.2, 0) is 10.8 Å². The Kier molecular flexibility index (Phi) is 4.08. The normalized spacial score (nSPS) is 11.9. The summed E-state index contributed by atoms with van der Waals surface area (Å²) >= 11 is 0. The van der Waals surface area contributed by atoms with E-state index >= 15 is 0 Å². The summed E-state index contributed by atoms with van der Waals surface area (Å²) in [4.78, 5) is 18.3. The average Bonchev–Trinajstić information content (AvgIpc) is 2.16. The van der Waals surface area contributed by atoms with Crippen molar-refractivity contribution in [1.82, 2.24) is 0 Å². The fraction of sp³-hybridized carbons (Fsp3) is 0.333. The molecule has 0 atom stereocenters. The van der Waals surface area contributed by atoms with E-state index in [1.165, 1.54) is 0 Å². The molecule has 0 fully saturated rings. The lowest BCUT2D eigenvalue weighted by molar-refractivity contribution is 0.184. The highest BCUT2D eigenvalue weighted by atomic mass is 28.4. The molecule has 0 radical (unpaired) electrons. The highest BCUT2D eigenvalue weighted by Gasteiger charge is 2.31. The number of halogens is 3. The zero-order chi connectivity index (χ0) is 12.3. The number of hydrogen-bond acceptors (Lipinski definition) is 3. The molecule has 0 aliphatic heterocycles. The maximum absolute atomic E-state index is 13.1. The highest BCUT2D eigenvalue weighted by molar-refractivity contribution is 6.57. The van der Waals surface area contributed by atoms with Gasteiger partial charge in [0.2, 0.25) is 0 Å². The summed E-state index contributed by atoms with van der Waals surface area (Å²) in [5, 5.41) is 0. The molecule has 0 aliphatic carbocycles. The van der Waals surface area contributed by atoms with Crippen molar-refractivity contribution in [2.24, 2.45) is 0 Å². The van der Waals surface area contributed by atoms with Gasteiger partial charge in [-0.05, 0) is 6.42 Å². The molecule has 0 spiro atoms. The number of rotatable bonds is 4. The van der Waals surface area contributed by atoms with Crippen LogP contribution in [0.1, 0.15) is 5.56 Å². The quantitative estimate of drug-likeness (QED) is 0.792. The number of benzene rings is 1. The first kappa shape index (κ1) is 13.2. The molecule has 0 aromatic heterocycles. The summed E-state index contributed by atoms with van der Waals surface area (Å²) in [5.41, 5.74) is -0.376. The first-order valence-electron chi connectivity index (χ1n) is 4.49. The van der Waals surface area contributed by atoms with E-state index in [-0.39, 0.29) is 18.0 Å². The van der Waals surface area contributed by atoms with Crippen LogP contribution in [0.3, 0.4) is 0 Å². The molecule has 3 nitrogen and oxygen atoms in total. The van der Waals surface area contributed by atoms with Crippen molar-refractivity contribution in [3.8, 4) is 0 Å². The Labute approximate surface area is 91.5 Å². The van der Waals surface area contributed by atoms with Gasteiger partial charge in [0, 0.05) is 30.9 Å². The second-order valence-corrected chi connectivity index (χ2v) is 5.69. The second-order valence-electron chi connectivity index (χ2n) is 3.30. The van der Waals surface area contributed by atoms with Crippen molar-refractivity contribution >= 4 is 8.80 Å². The van der Waals surface area contributed by atoms with Crippen molar-refractivity contribution in [3.63, 3.8) is 0 Å². The summed E-state index contributed by atoms with van der Waals surface area (Å²) < 4.78 is 43.2. The zero-order valence-corrected chi connectivity index (χ0v) is 9.51. The molecule has 1 aromatic carbocycles. The van der Waals surface area contributed by atoms with Crippen molar-refractivity contribution in [2.75, 3.05) is 7.11 Å². The molecule has 7 heteroatoms. The third-order valence-corrected chi connectivity index (χ3v) is 3.69. The van der Waals surface area contributed by atoms with Gasteiger partial charge in [-0.15, -0.1) is 0 Å². The summed E-state index contributed by atoms with van der Waals surface area (Å²) in [5.74, 6) is -3.10. The molecular weight excluding hydrogens is 241 g/mol. The predicted octanol–water partition coefficient (Wildman–Crippen LogP) is 1.22. The predicted molar refractivity (Wildman–Crippen MR) is 52.0 cm³/mol. The number of hydrogen-bond donors (Lipinski definition) is 2. The molecule has 90 valence electrons. The molecule has 0 saturated heterocycles. The molecule has 0 heterocycles. The van der Waals surface area contributed by atoms with Gasteiger partial charge in [0.1, 0.15) is 17.5 Å². The van der Waals surface area contributed by atoms with Crippen LogP contribution < -0.4 is 0 Å². The average molecular weight is 252 g/mol. The topological polar surface area (TPSA) is 49.7 Å². The van der Waals surface area contributed by atoms with Crippen LogP contribution in [0.15, 0.2) is 12.1 Å². The summed E-state index contributed by atoms with van der Waals surface area (Å²) in [7, 11) is -2.75. The molecular formula is C9H11F3O3Si. The Morgan fingerprint density at radius 3 is 2.12 bits per heavy atom. The van der Waals surface area contributed by atoms with Crippen LogP contribution in [0.5, 0.6) is 0 Å². The summed E-state index contributed by atoms with van der Waals surface area (Å²) in [6.07, 6.45) is -0.259. The van der Waals surface area contributed by atoms with E-state index < -0.39 is 26.3 Å². The molecule has 0 bridgehead atoms. The molecule has 1 aromatic rings. The van der Waals surface area contributed by atoms with Crippen molar-refractivity contribution in [1.29, 1.82) is 0 Å². The minimum atomic E-state index is -3.85. The van der Waals surface area contributed by atoms with E-state index in [9.17, 15) is 22.8 Å². The van der Waals surface area contributed by atoms with E-state index in [1.54, 1.807) is 0 Å². The standard InChI is InChI=1S/C9H11F3O3Si/c1-15-16(13,14)3-2-7-8(11)4-6(10)5-9(7)12/h4-5,13-14H,2-3H2,1H3. The second kappa shape index (κ2) is 4.96. The van der Waals surface area contributed by atoms with Gasteiger partial charge < -0.3 is 14.0 Å². The Balaban J connectivity index is 2.82. The van der Waals surface area contributed by atoms with E-state index in [2.05, 4.69) is 4.43 Å². The van der Waals surface area contributed by atoms with Gasteiger partial charge in [0.15, 0.2) is 0 Å². The molecule has 2 N–H and O–H groups in total. The van der Waals surface area contributed by atoms with Gasteiger partial charge in [-0.3, -0.25) is 0 Å². The van der Waals surface area contributed by atoms with E-state index in [1.807, 2.05) is 0 Å². The smallest absolute Gasteiger partial charge is 0.390 e. The molecule has 0 saturated carbocycles. The van der Waals surface area contributed by atoms with Crippen LogP contribution in [0, 0.1) is 17.5 Å². The van der Waals surface area contributed by atoms with Gasteiger partial charge >= 0.3 is 8.80 Å². The Morgan fingerprint density at radius 1 is 1.19 bits per heavy atom. The van der Waals surface area contributed by atoms with Crippen molar-refractivity contribution in [2.45, 2.75) is 12.5 Å². The van der Waals surface area contributed by atoms with Gasteiger partial charge in [0.25, 0.3) is 0 Å². The summed E-state index contributed by atoms with van der Waals surface area (Å²) in [6.45, 7) is 0. The van der Waals surface area contributed by atoms with Gasteiger partial charge in [-0.25, -0.2) is 13.2 Å². The lowest BCUT2D eigenvalue weighted by atomic mass is 10.1. The molecule has 0 amide bonds. The lowest BCUT2D eigenvalue weighted by Gasteiger charge is -2.14. The Morgan fingerprint density at radius 2 is 1.69 bits per heavy atom. The third kappa shape index (κ3) is 3.31. The molecule has 16 heavy (non-hydrogen) atoms. The highest BCUT2D eigenvalue weighted by Crippen LogP contribution is 2.18.